The first-order valence-corrected chi connectivity index (χ1v) is 11.0. The molecular weight excluding hydrogens is 400 g/mol. The molecule has 3 aromatic rings. The van der Waals surface area contributed by atoms with E-state index in [4.69, 9.17) is 4.74 Å². The van der Waals surface area contributed by atoms with E-state index in [-0.39, 0.29) is 11.8 Å². The summed E-state index contributed by atoms with van der Waals surface area (Å²) in [4.78, 5) is 30.7. The van der Waals surface area contributed by atoms with E-state index >= 15 is 0 Å². The van der Waals surface area contributed by atoms with Gasteiger partial charge in [-0.2, -0.15) is 0 Å². The minimum absolute atomic E-state index is 0.0613. The molecule has 3 aromatic carbocycles. The topological polar surface area (TPSA) is 49.9 Å². The third kappa shape index (κ3) is 3.34. The van der Waals surface area contributed by atoms with Crippen LogP contribution < -0.4 is 9.64 Å². The van der Waals surface area contributed by atoms with Crippen LogP contribution >= 0.6 is 0 Å². The molecule has 1 saturated heterocycles. The van der Waals surface area contributed by atoms with Gasteiger partial charge in [0.2, 0.25) is 5.91 Å². The second kappa shape index (κ2) is 8.15. The van der Waals surface area contributed by atoms with Crippen LogP contribution in [0.2, 0.25) is 0 Å². The first-order valence-electron chi connectivity index (χ1n) is 11.0. The van der Waals surface area contributed by atoms with E-state index in [0.29, 0.717) is 37.4 Å². The van der Waals surface area contributed by atoms with E-state index in [1.54, 1.807) is 19.2 Å². The highest BCUT2D eigenvalue weighted by Crippen LogP contribution is 2.47. The summed E-state index contributed by atoms with van der Waals surface area (Å²) in [6.07, 6.45) is 1.43. The summed E-state index contributed by atoms with van der Waals surface area (Å²) < 4.78 is 5.27. The van der Waals surface area contributed by atoms with Crippen LogP contribution in [0.25, 0.3) is 0 Å². The standard InChI is InChI=1S/C27H26N2O3/c1-32-22-11-7-10-21(18-22)25(30)28-17-15-27(19-28)23-12-5-6-13-24(23)29(26(27)31)16-14-20-8-3-2-4-9-20/h2-13,18H,14-17,19H2,1H3. The van der Waals surface area contributed by atoms with Crippen LogP contribution in [0.5, 0.6) is 5.75 Å². The lowest BCUT2D eigenvalue weighted by Gasteiger charge is -2.25. The van der Waals surface area contributed by atoms with Gasteiger partial charge < -0.3 is 14.5 Å². The van der Waals surface area contributed by atoms with Crippen LogP contribution in [0.4, 0.5) is 5.69 Å². The molecule has 1 unspecified atom stereocenters. The van der Waals surface area contributed by atoms with Gasteiger partial charge in [0.05, 0.1) is 12.5 Å². The van der Waals surface area contributed by atoms with E-state index in [0.717, 1.165) is 17.7 Å². The molecule has 0 N–H and O–H groups in total. The summed E-state index contributed by atoms with van der Waals surface area (Å²) in [5, 5.41) is 0. The van der Waals surface area contributed by atoms with E-state index < -0.39 is 5.41 Å². The second-order valence-corrected chi connectivity index (χ2v) is 8.50. The fourth-order valence-electron chi connectivity index (χ4n) is 5.02. The van der Waals surface area contributed by atoms with Gasteiger partial charge in [-0.1, -0.05) is 54.6 Å². The van der Waals surface area contributed by atoms with Gasteiger partial charge in [-0.25, -0.2) is 0 Å². The first kappa shape index (κ1) is 20.3. The molecule has 2 heterocycles. The van der Waals surface area contributed by atoms with Gasteiger partial charge in [0, 0.05) is 30.9 Å². The number of methoxy groups -OCH3 is 1. The summed E-state index contributed by atoms with van der Waals surface area (Å²) in [5.41, 5.74) is 3.14. The number of likely N-dealkylation sites (tertiary alicyclic amines) is 1. The van der Waals surface area contributed by atoms with Crippen molar-refractivity contribution in [1.82, 2.24) is 4.90 Å². The highest BCUT2D eigenvalue weighted by Gasteiger charge is 2.54. The molecule has 5 rings (SSSR count). The van der Waals surface area contributed by atoms with Crippen molar-refractivity contribution in [2.45, 2.75) is 18.3 Å². The Labute approximate surface area is 188 Å². The zero-order valence-corrected chi connectivity index (χ0v) is 18.2. The number of para-hydroxylation sites is 1. The van der Waals surface area contributed by atoms with Gasteiger partial charge in [-0.3, -0.25) is 9.59 Å². The lowest BCUT2D eigenvalue weighted by molar-refractivity contribution is -0.122. The molecule has 162 valence electrons. The lowest BCUT2D eigenvalue weighted by Crippen LogP contribution is -2.43. The smallest absolute Gasteiger partial charge is 0.254 e. The monoisotopic (exact) mass is 426 g/mol. The van der Waals surface area contributed by atoms with Crippen LogP contribution in [0.3, 0.4) is 0 Å². The SMILES string of the molecule is COc1cccc(C(=O)N2CCC3(C2)C(=O)N(CCc2ccccc2)c2ccccc23)c1. The van der Waals surface area contributed by atoms with Crippen molar-refractivity contribution >= 4 is 17.5 Å². The van der Waals surface area contributed by atoms with Crippen LogP contribution in [-0.2, 0) is 16.6 Å². The summed E-state index contributed by atoms with van der Waals surface area (Å²) in [5.74, 6) is 0.698. The third-order valence-electron chi connectivity index (χ3n) is 6.71. The molecule has 2 amide bonds. The largest absolute Gasteiger partial charge is 0.497 e. The Morgan fingerprint density at radius 1 is 1.00 bits per heavy atom. The summed E-state index contributed by atoms with van der Waals surface area (Å²) in [6.45, 7) is 1.59. The van der Waals surface area contributed by atoms with Crippen LogP contribution in [0.1, 0.15) is 27.9 Å². The zero-order valence-electron chi connectivity index (χ0n) is 18.2. The Bertz CT molecular complexity index is 1160. The molecule has 5 heteroatoms. The highest BCUT2D eigenvalue weighted by atomic mass is 16.5. The predicted molar refractivity (Wildman–Crippen MR) is 124 cm³/mol. The van der Waals surface area contributed by atoms with Gasteiger partial charge in [0.1, 0.15) is 5.75 Å². The number of fused-ring (bicyclic) bond motifs is 2. The maximum absolute atomic E-state index is 13.8. The maximum atomic E-state index is 13.8. The number of carbonyl (C=O) groups is 2. The number of hydrogen-bond donors (Lipinski definition) is 0. The van der Waals surface area contributed by atoms with Crippen molar-refractivity contribution in [2.75, 3.05) is 31.6 Å². The van der Waals surface area contributed by atoms with Crippen molar-refractivity contribution in [3.63, 3.8) is 0 Å². The second-order valence-electron chi connectivity index (χ2n) is 8.50. The summed E-state index contributed by atoms with van der Waals surface area (Å²) in [7, 11) is 1.59. The molecular formula is C27H26N2O3. The Hall–Kier alpha value is -3.60. The molecule has 1 fully saturated rings. The number of amides is 2. The van der Waals surface area contributed by atoms with Gasteiger partial charge in [-0.15, -0.1) is 0 Å². The van der Waals surface area contributed by atoms with E-state index in [2.05, 4.69) is 18.2 Å². The number of benzene rings is 3. The maximum Gasteiger partial charge on any atom is 0.254 e. The quantitative estimate of drug-likeness (QED) is 0.618. The fourth-order valence-corrected chi connectivity index (χ4v) is 5.02. The molecule has 32 heavy (non-hydrogen) atoms. The van der Waals surface area contributed by atoms with E-state index in [9.17, 15) is 9.59 Å². The molecule has 0 bridgehead atoms. The number of rotatable bonds is 5. The van der Waals surface area contributed by atoms with Gasteiger partial charge in [0.15, 0.2) is 0 Å². The molecule has 2 aliphatic heterocycles. The normalized spacial score (nSPS) is 19.5. The first-order chi connectivity index (χ1) is 15.6. The van der Waals surface area contributed by atoms with Gasteiger partial charge >= 0.3 is 0 Å². The highest BCUT2D eigenvalue weighted by molar-refractivity contribution is 6.09. The molecule has 0 aliphatic carbocycles. The molecule has 5 nitrogen and oxygen atoms in total. The van der Waals surface area contributed by atoms with Crippen molar-refractivity contribution in [1.29, 1.82) is 0 Å². The van der Waals surface area contributed by atoms with E-state index in [1.165, 1.54) is 5.56 Å². The minimum Gasteiger partial charge on any atom is -0.497 e. The molecule has 1 atom stereocenters. The number of nitrogens with zero attached hydrogens (tertiary/aromatic N) is 2. The number of anilines is 1. The fraction of sp³-hybridized carbons (Fsp3) is 0.259. The minimum atomic E-state index is -0.665. The Morgan fingerprint density at radius 3 is 2.59 bits per heavy atom. The van der Waals surface area contributed by atoms with E-state index in [1.807, 2.05) is 58.3 Å². The predicted octanol–water partition coefficient (Wildman–Crippen LogP) is 4.07. The number of hydrogen-bond acceptors (Lipinski definition) is 3. The average Bonchev–Trinajstić information content (AvgIpc) is 3.39. The third-order valence-corrected chi connectivity index (χ3v) is 6.71. The van der Waals surface area contributed by atoms with Gasteiger partial charge in [-0.05, 0) is 48.2 Å². The lowest BCUT2D eigenvalue weighted by atomic mass is 9.81. The van der Waals surface area contributed by atoms with Crippen molar-refractivity contribution in [3.8, 4) is 5.75 Å². The summed E-state index contributed by atoms with van der Waals surface area (Å²) in [6, 6.07) is 25.5. The molecule has 0 saturated carbocycles. The molecule has 1 spiro atoms. The Morgan fingerprint density at radius 2 is 1.78 bits per heavy atom. The summed E-state index contributed by atoms with van der Waals surface area (Å²) >= 11 is 0. The molecule has 2 aliphatic rings. The van der Waals surface area contributed by atoms with Gasteiger partial charge in [0.25, 0.3) is 5.91 Å². The van der Waals surface area contributed by atoms with Crippen molar-refractivity contribution < 1.29 is 14.3 Å². The molecule has 0 aromatic heterocycles. The molecule has 0 radical (unpaired) electrons. The van der Waals surface area contributed by atoms with Crippen LogP contribution in [0.15, 0.2) is 78.9 Å². The number of carbonyl (C=O) groups excluding carboxylic acids is 2. The zero-order chi connectivity index (χ0) is 22.1. The average molecular weight is 427 g/mol. The Balaban J connectivity index is 1.40. The van der Waals surface area contributed by atoms with Crippen LogP contribution in [0, 0.1) is 0 Å². The Kier molecular flexibility index (Phi) is 5.17. The van der Waals surface area contributed by atoms with Crippen LogP contribution in [-0.4, -0.2) is 43.5 Å². The van der Waals surface area contributed by atoms with Crippen molar-refractivity contribution in [2.24, 2.45) is 0 Å². The van der Waals surface area contributed by atoms with Crippen molar-refractivity contribution in [3.05, 3.63) is 95.6 Å². The number of ether oxygens (including phenoxy) is 1.